The molecule has 0 unspecified atom stereocenters. The Balaban J connectivity index is 0.00000529. The van der Waals surface area contributed by atoms with E-state index in [-0.39, 0.29) is 36.2 Å². The Morgan fingerprint density at radius 1 is 1.25 bits per heavy atom. The van der Waals surface area contributed by atoms with Crippen LogP contribution in [0.2, 0.25) is 0 Å². The van der Waals surface area contributed by atoms with Crippen LogP contribution in [0.1, 0.15) is 27.2 Å². The molecule has 0 saturated carbocycles. The minimum absolute atomic E-state index is 0. The van der Waals surface area contributed by atoms with Gasteiger partial charge < -0.3 is 15.8 Å². The Labute approximate surface area is 150 Å². The minimum Gasteiger partial charge on any atom is -0.492 e. The number of amides is 1. The van der Waals surface area contributed by atoms with Crippen molar-refractivity contribution in [2.75, 3.05) is 31.6 Å². The van der Waals surface area contributed by atoms with E-state index in [2.05, 4.69) is 5.32 Å². The monoisotopic (exact) mass is 379 g/mol. The first-order chi connectivity index (χ1) is 10.9. The molecule has 9 heteroatoms. The molecule has 0 aliphatic carbocycles. The fourth-order valence-corrected chi connectivity index (χ4v) is 3.59. The fraction of sp³-hybridized carbons (Fsp3) is 0.533. The number of hydrogen-bond donors (Lipinski definition) is 2. The van der Waals surface area contributed by atoms with Crippen LogP contribution < -0.4 is 15.8 Å². The smallest absolute Gasteiger partial charge is 0.243 e. The molecule has 0 heterocycles. The lowest BCUT2D eigenvalue weighted by molar-refractivity contribution is -0.116. The first kappa shape index (κ1) is 22.6. The fourth-order valence-electron chi connectivity index (χ4n) is 2.10. The Morgan fingerprint density at radius 2 is 1.88 bits per heavy atom. The molecule has 0 aliphatic rings. The Bertz CT molecular complexity index is 634. The summed E-state index contributed by atoms with van der Waals surface area (Å²) in [4.78, 5) is 11.9. The number of sulfonamides is 1. The molecule has 1 aromatic carbocycles. The number of nitrogens with one attached hydrogen (secondary N) is 1. The zero-order chi connectivity index (χ0) is 17.5. The van der Waals surface area contributed by atoms with Gasteiger partial charge in [0, 0.05) is 26.1 Å². The predicted molar refractivity (Wildman–Crippen MR) is 97.3 cm³/mol. The maximum absolute atomic E-state index is 12.6. The molecule has 0 spiro atoms. The van der Waals surface area contributed by atoms with Gasteiger partial charge >= 0.3 is 0 Å². The van der Waals surface area contributed by atoms with E-state index < -0.39 is 10.0 Å². The topological polar surface area (TPSA) is 102 Å². The Hall–Kier alpha value is -1.35. The number of nitrogens with zero attached hydrogens (tertiary/aromatic N) is 1. The van der Waals surface area contributed by atoms with Crippen molar-refractivity contribution in [1.29, 1.82) is 0 Å². The third-order valence-corrected chi connectivity index (χ3v) is 5.29. The highest BCUT2D eigenvalue weighted by Gasteiger charge is 2.23. The highest BCUT2D eigenvalue weighted by Crippen LogP contribution is 2.29. The predicted octanol–water partition coefficient (Wildman–Crippen LogP) is 1.82. The summed E-state index contributed by atoms with van der Waals surface area (Å²) in [5, 5.41) is 2.66. The Kier molecular flexibility index (Phi) is 9.91. The van der Waals surface area contributed by atoms with Crippen molar-refractivity contribution < 1.29 is 17.9 Å². The van der Waals surface area contributed by atoms with Crippen molar-refractivity contribution in [3.05, 3.63) is 18.2 Å². The average molecular weight is 380 g/mol. The molecule has 0 saturated heterocycles. The van der Waals surface area contributed by atoms with E-state index in [4.69, 9.17) is 10.5 Å². The van der Waals surface area contributed by atoms with Gasteiger partial charge in [-0.25, -0.2) is 8.42 Å². The lowest BCUT2D eigenvalue weighted by Crippen LogP contribution is -2.30. The van der Waals surface area contributed by atoms with E-state index in [1.807, 2.05) is 6.92 Å². The van der Waals surface area contributed by atoms with Crippen LogP contribution in [0.4, 0.5) is 5.69 Å². The number of ether oxygens (including phenoxy) is 1. The van der Waals surface area contributed by atoms with E-state index >= 15 is 0 Å². The van der Waals surface area contributed by atoms with Gasteiger partial charge in [-0.15, -0.1) is 12.4 Å². The van der Waals surface area contributed by atoms with E-state index in [1.54, 1.807) is 19.9 Å². The second kappa shape index (κ2) is 10.5. The van der Waals surface area contributed by atoms with E-state index in [0.717, 1.165) is 0 Å². The number of carbonyl (C=O) groups is 1. The lowest BCUT2D eigenvalue weighted by Gasteiger charge is -2.20. The molecule has 3 N–H and O–H groups in total. The number of benzene rings is 1. The molecule has 0 aliphatic heterocycles. The number of nitrogens with two attached hydrogens (primary N) is 1. The van der Waals surface area contributed by atoms with Crippen LogP contribution in [0.3, 0.4) is 0 Å². The number of halogens is 1. The number of anilines is 1. The van der Waals surface area contributed by atoms with Gasteiger partial charge in [-0.3, -0.25) is 4.79 Å². The van der Waals surface area contributed by atoms with Crippen LogP contribution in [0.25, 0.3) is 0 Å². The molecule has 0 aromatic heterocycles. The van der Waals surface area contributed by atoms with E-state index in [0.29, 0.717) is 31.1 Å². The quantitative estimate of drug-likeness (QED) is 0.681. The SMILES string of the molecule is CCOc1ccc(S(=O)(=O)N(CC)CC)cc1NC(=O)CCN.Cl. The van der Waals surface area contributed by atoms with E-state index in [9.17, 15) is 13.2 Å². The van der Waals surface area contributed by atoms with Crippen molar-refractivity contribution in [2.45, 2.75) is 32.1 Å². The summed E-state index contributed by atoms with van der Waals surface area (Å²) in [6, 6.07) is 4.46. The molecule has 1 rings (SSSR count). The van der Waals surface area contributed by atoms with Gasteiger partial charge in [-0.1, -0.05) is 13.8 Å². The third-order valence-electron chi connectivity index (χ3n) is 3.24. The van der Waals surface area contributed by atoms with Crippen LogP contribution in [-0.4, -0.2) is 44.9 Å². The van der Waals surface area contributed by atoms with Crippen LogP contribution >= 0.6 is 12.4 Å². The molecule has 7 nitrogen and oxygen atoms in total. The van der Waals surface area contributed by atoms with Gasteiger partial charge in [0.1, 0.15) is 5.75 Å². The second-order valence-corrected chi connectivity index (χ2v) is 6.71. The Morgan fingerprint density at radius 3 is 2.38 bits per heavy atom. The van der Waals surface area contributed by atoms with Gasteiger partial charge in [-0.2, -0.15) is 4.31 Å². The molecule has 0 fully saturated rings. The van der Waals surface area contributed by atoms with Crippen LogP contribution in [0, 0.1) is 0 Å². The number of rotatable bonds is 9. The standard InChI is InChI=1S/C15H25N3O4S.ClH/c1-4-18(5-2)23(20,21)12-7-8-14(22-6-3)13(11-12)17-15(19)9-10-16;/h7-8,11H,4-6,9-10,16H2,1-3H3,(H,17,19);1H. The van der Waals surface area contributed by atoms with Crippen molar-refractivity contribution in [1.82, 2.24) is 4.31 Å². The first-order valence-electron chi connectivity index (χ1n) is 7.67. The summed E-state index contributed by atoms with van der Waals surface area (Å²) in [6.45, 7) is 6.74. The van der Waals surface area contributed by atoms with Crippen molar-refractivity contribution in [3.63, 3.8) is 0 Å². The molecule has 0 radical (unpaired) electrons. The summed E-state index contributed by atoms with van der Waals surface area (Å²) in [5.41, 5.74) is 5.69. The summed E-state index contributed by atoms with van der Waals surface area (Å²) in [6.07, 6.45) is 0.151. The maximum Gasteiger partial charge on any atom is 0.243 e. The zero-order valence-corrected chi connectivity index (χ0v) is 15.9. The summed E-state index contributed by atoms with van der Waals surface area (Å²) < 4.78 is 32.0. The van der Waals surface area contributed by atoms with Gasteiger partial charge in [0.15, 0.2) is 0 Å². The average Bonchev–Trinajstić information content (AvgIpc) is 2.50. The third kappa shape index (κ3) is 5.62. The van der Waals surface area contributed by atoms with Gasteiger partial charge in [0.2, 0.25) is 15.9 Å². The number of hydrogen-bond acceptors (Lipinski definition) is 5. The molecule has 0 bridgehead atoms. The van der Waals surface area contributed by atoms with Gasteiger partial charge in [0.05, 0.1) is 17.2 Å². The summed E-state index contributed by atoms with van der Waals surface area (Å²) in [5.74, 6) is 0.141. The number of carbonyl (C=O) groups excluding carboxylic acids is 1. The van der Waals surface area contributed by atoms with Crippen LogP contribution in [0.5, 0.6) is 5.75 Å². The first-order valence-corrected chi connectivity index (χ1v) is 9.11. The van der Waals surface area contributed by atoms with Crippen LogP contribution in [-0.2, 0) is 14.8 Å². The largest absolute Gasteiger partial charge is 0.492 e. The van der Waals surface area contributed by atoms with Crippen molar-refractivity contribution in [3.8, 4) is 5.75 Å². The molecule has 1 aromatic rings. The zero-order valence-electron chi connectivity index (χ0n) is 14.2. The second-order valence-electron chi connectivity index (χ2n) is 4.77. The molecule has 138 valence electrons. The van der Waals surface area contributed by atoms with E-state index in [1.165, 1.54) is 16.4 Å². The van der Waals surface area contributed by atoms with Gasteiger partial charge in [0.25, 0.3) is 0 Å². The minimum atomic E-state index is -3.60. The normalized spacial score (nSPS) is 11.0. The molecule has 1 amide bonds. The molecule has 0 atom stereocenters. The summed E-state index contributed by atoms with van der Waals surface area (Å²) in [7, 11) is -3.60. The highest BCUT2D eigenvalue weighted by molar-refractivity contribution is 7.89. The van der Waals surface area contributed by atoms with Crippen molar-refractivity contribution >= 4 is 34.0 Å². The highest BCUT2D eigenvalue weighted by atomic mass is 35.5. The molecular formula is C15H26ClN3O4S. The van der Waals surface area contributed by atoms with Gasteiger partial charge in [-0.05, 0) is 25.1 Å². The lowest BCUT2D eigenvalue weighted by atomic mass is 10.2. The molecular weight excluding hydrogens is 354 g/mol. The molecule has 24 heavy (non-hydrogen) atoms. The van der Waals surface area contributed by atoms with Crippen molar-refractivity contribution in [2.24, 2.45) is 5.73 Å². The maximum atomic E-state index is 12.6. The summed E-state index contributed by atoms with van der Waals surface area (Å²) >= 11 is 0. The van der Waals surface area contributed by atoms with Crippen LogP contribution in [0.15, 0.2) is 23.1 Å².